The number of hydrogen-bond donors (Lipinski definition) is 0. The van der Waals surface area contributed by atoms with E-state index in [4.69, 9.17) is 4.74 Å². The summed E-state index contributed by atoms with van der Waals surface area (Å²) in [6.07, 6.45) is -0.506. The zero-order chi connectivity index (χ0) is 13.0. The van der Waals surface area contributed by atoms with Gasteiger partial charge >= 0.3 is 0 Å². The van der Waals surface area contributed by atoms with E-state index in [1.807, 2.05) is 0 Å². The van der Waals surface area contributed by atoms with Crippen LogP contribution in [0.3, 0.4) is 0 Å². The van der Waals surface area contributed by atoms with Crippen LogP contribution in [0.5, 0.6) is 0 Å². The van der Waals surface area contributed by atoms with Crippen LogP contribution < -0.4 is 0 Å². The van der Waals surface area contributed by atoms with Crippen molar-refractivity contribution < 1.29 is 13.5 Å². The summed E-state index contributed by atoms with van der Waals surface area (Å²) < 4.78 is 31.9. The van der Waals surface area contributed by atoms with Crippen molar-refractivity contribution in [3.05, 3.63) is 78.2 Å². The summed E-state index contributed by atoms with van der Waals surface area (Å²) in [5.74, 6) is -0.692. The van der Waals surface area contributed by atoms with E-state index in [-0.39, 0.29) is 18.2 Å². The van der Waals surface area contributed by atoms with Crippen LogP contribution in [-0.2, 0) is 4.74 Å². The summed E-state index contributed by atoms with van der Waals surface area (Å²) in [4.78, 5) is 0. The largest absolute Gasteiger partial charge is 0.369 e. The van der Waals surface area contributed by atoms with Crippen LogP contribution in [-0.4, -0.2) is 6.61 Å². The first-order valence-corrected chi connectivity index (χ1v) is 5.62. The van der Waals surface area contributed by atoms with Crippen LogP contribution >= 0.6 is 0 Å². The molecule has 0 aliphatic carbocycles. The van der Waals surface area contributed by atoms with E-state index >= 15 is 0 Å². The average Bonchev–Trinajstić information content (AvgIpc) is 2.36. The lowest BCUT2D eigenvalue weighted by Gasteiger charge is -2.18. The van der Waals surface area contributed by atoms with Gasteiger partial charge in [-0.25, -0.2) is 8.78 Å². The van der Waals surface area contributed by atoms with Gasteiger partial charge in [-0.2, -0.15) is 0 Å². The molecule has 0 amide bonds. The fraction of sp³-hybridized carbons (Fsp3) is 0.133. The fourth-order valence-corrected chi connectivity index (χ4v) is 1.84. The van der Waals surface area contributed by atoms with Crippen molar-refractivity contribution >= 4 is 0 Å². The Morgan fingerprint density at radius 1 is 0.944 bits per heavy atom. The van der Waals surface area contributed by atoms with Crippen molar-refractivity contribution in [1.82, 2.24) is 0 Å². The smallest absolute Gasteiger partial charge is 0.123 e. The molecule has 1 radical (unpaired) electrons. The molecule has 0 aliphatic rings. The van der Waals surface area contributed by atoms with E-state index in [2.05, 4.69) is 6.92 Å². The molecule has 0 aliphatic heterocycles. The third kappa shape index (κ3) is 2.93. The fourth-order valence-electron chi connectivity index (χ4n) is 1.84. The third-order valence-corrected chi connectivity index (χ3v) is 2.59. The minimum absolute atomic E-state index is 0.220. The van der Waals surface area contributed by atoms with Gasteiger partial charge in [-0.3, -0.25) is 0 Å². The molecule has 2 aromatic carbocycles. The molecule has 0 atom stereocenters. The molecule has 0 unspecified atom stereocenters. The molecule has 2 rings (SSSR count). The van der Waals surface area contributed by atoms with E-state index in [9.17, 15) is 8.78 Å². The second-order valence-electron chi connectivity index (χ2n) is 3.86. The van der Waals surface area contributed by atoms with Crippen LogP contribution in [0, 0.1) is 18.6 Å². The number of hydrogen-bond acceptors (Lipinski definition) is 1. The van der Waals surface area contributed by atoms with E-state index < -0.39 is 6.10 Å². The molecule has 0 saturated carbocycles. The van der Waals surface area contributed by atoms with E-state index in [1.165, 1.54) is 24.3 Å². The monoisotopic (exact) mass is 247 g/mol. The first kappa shape index (κ1) is 12.7. The molecule has 18 heavy (non-hydrogen) atoms. The topological polar surface area (TPSA) is 9.23 Å². The van der Waals surface area contributed by atoms with Gasteiger partial charge in [0.15, 0.2) is 0 Å². The maximum atomic E-state index is 13.2. The van der Waals surface area contributed by atoms with Gasteiger partial charge in [0.05, 0.1) is 0 Å². The maximum Gasteiger partial charge on any atom is 0.123 e. The lowest BCUT2D eigenvalue weighted by atomic mass is 10.0. The highest BCUT2D eigenvalue weighted by atomic mass is 19.1. The third-order valence-electron chi connectivity index (χ3n) is 2.59. The molecule has 0 saturated heterocycles. The van der Waals surface area contributed by atoms with Crippen LogP contribution in [0.25, 0.3) is 0 Å². The molecule has 0 bridgehead atoms. The molecule has 1 nitrogen and oxygen atoms in total. The zero-order valence-electron chi connectivity index (χ0n) is 9.77. The van der Waals surface area contributed by atoms with Crippen LogP contribution in [0.2, 0.25) is 0 Å². The first-order chi connectivity index (χ1) is 8.70. The Hall–Kier alpha value is -1.74. The van der Waals surface area contributed by atoms with Gasteiger partial charge in [0, 0.05) is 6.61 Å². The van der Waals surface area contributed by atoms with Crippen molar-refractivity contribution in [2.45, 2.75) is 6.10 Å². The molecular formula is C15H13F2O. The molecule has 0 spiro atoms. The predicted molar refractivity (Wildman–Crippen MR) is 66.0 cm³/mol. The number of ether oxygens (including phenoxy) is 1. The Labute approximate surface area is 105 Å². The summed E-state index contributed by atoms with van der Waals surface area (Å²) >= 11 is 0. The number of rotatable bonds is 4. The number of benzene rings is 2. The van der Waals surface area contributed by atoms with E-state index in [0.29, 0.717) is 11.1 Å². The van der Waals surface area contributed by atoms with Gasteiger partial charge < -0.3 is 4.74 Å². The predicted octanol–water partition coefficient (Wildman–Crippen LogP) is 3.90. The molecule has 0 fully saturated rings. The highest BCUT2D eigenvalue weighted by molar-refractivity contribution is 5.30. The van der Waals surface area contributed by atoms with Crippen molar-refractivity contribution in [3.8, 4) is 0 Å². The highest BCUT2D eigenvalue weighted by Gasteiger charge is 2.15. The summed E-state index contributed by atoms with van der Waals surface area (Å²) in [6.45, 7) is 3.83. The number of halogens is 2. The molecule has 93 valence electrons. The maximum absolute atomic E-state index is 13.2. The Balaban J connectivity index is 2.39. The van der Waals surface area contributed by atoms with Gasteiger partial charge in [-0.15, -0.1) is 0 Å². The van der Waals surface area contributed by atoms with Gasteiger partial charge in [-0.05, 0) is 42.3 Å². The van der Waals surface area contributed by atoms with Gasteiger partial charge in [0.25, 0.3) is 0 Å². The van der Waals surface area contributed by atoms with Crippen molar-refractivity contribution in [2.75, 3.05) is 6.61 Å². The van der Waals surface area contributed by atoms with Crippen LogP contribution in [0.4, 0.5) is 8.78 Å². The molecule has 0 heterocycles. The zero-order valence-corrected chi connectivity index (χ0v) is 9.77. The quantitative estimate of drug-likeness (QED) is 0.796. The normalized spacial score (nSPS) is 10.9. The lowest BCUT2D eigenvalue weighted by molar-refractivity contribution is 0.102. The first-order valence-electron chi connectivity index (χ1n) is 5.62. The van der Waals surface area contributed by atoms with Gasteiger partial charge in [0.1, 0.15) is 17.7 Å². The average molecular weight is 247 g/mol. The Kier molecular flexibility index (Phi) is 4.05. The van der Waals surface area contributed by atoms with Crippen LogP contribution in [0.1, 0.15) is 17.2 Å². The Bertz CT molecular complexity index is 480. The van der Waals surface area contributed by atoms with Crippen molar-refractivity contribution in [1.29, 1.82) is 0 Å². The van der Waals surface area contributed by atoms with Crippen LogP contribution in [0.15, 0.2) is 48.5 Å². The summed E-state index contributed by atoms with van der Waals surface area (Å²) in [6, 6.07) is 12.2. The Morgan fingerprint density at radius 2 is 1.44 bits per heavy atom. The highest BCUT2D eigenvalue weighted by Crippen LogP contribution is 2.26. The summed E-state index contributed by atoms with van der Waals surface area (Å²) in [7, 11) is 0. The minimum Gasteiger partial charge on any atom is -0.369 e. The van der Waals surface area contributed by atoms with Crippen molar-refractivity contribution in [2.24, 2.45) is 0 Å². The standard InChI is InChI=1S/C15H13F2O/c1-2-18-15(11-5-3-7-13(16)9-11)12-6-4-8-14(17)10-12/h3-10,15H,1-2H2. The van der Waals surface area contributed by atoms with E-state index in [0.717, 1.165) is 0 Å². The molecule has 3 heteroatoms. The molecular weight excluding hydrogens is 234 g/mol. The molecule has 0 N–H and O–H groups in total. The second-order valence-corrected chi connectivity index (χ2v) is 3.86. The van der Waals surface area contributed by atoms with E-state index in [1.54, 1.807) is 24.3 Å². The Morgan fingerprint density at radius 3 is 1.83 bits per heavy atom. The molecule has 2 aromatic rings. The second kappa shape index (κ2) is 5.74. The minimum atomic E-state index is -0.506. The SMILES string of the molecule is [CH2]COC(c1cccc(F)c1)c1cccc(F)c1. The van der Waals surface area contributed by atoms with Gasteiger partial charge in [0.2, 0.25) is 0 Å². The van der Waals surface area contributed by atoms with Gasteiger partial charge in [-0.1, -0.05) is 24.3 Å². The molecule has 0 aromatic heterocycles. The summed E-state index contributed by atoms with van der Waals surface area (Å²) in [5.41, 5.74) is 1.29. The van der Waals surface area contributed by atoms with Crippen molar-refractivity contribution in [3.63, 3.8) is 0 Å². The lowest BCUT2D eigenvalue weighted by Crippen LogP contribution is -2.07. The summed E-state index contributed by atoms with van der Waals surface area (Å²) in [5, 5.41) is 0.